The van der Waals surface area contributed by atoms with Crippen molar-refractivity contribution >= 4 is 5.69 Å². The number of halogens is 1. The predicted molar refractivity (Wildman–Crippen MR) is 71.1 cm³/mol. The van der Waals surface area contributed by atoms with Crippen LogP contribution < -0.4 is 10.6 Å². The van der Waals surface area contributed by atoms with Crippen LogP contribution in [-0.2, 0) is 6.54 Å². The minimum atomic E-state index is -0.198. The number of piperazine rings is 1. The molecule has 2 fully saturated rings. The fourth-order valence-corrected chi connectivity index (χ4v) is 2.79. The first kappa shape index (κ1) is 11.9. The molecule has 0 amide bonds. The number of hydrogen-bond acceptors (Lipinski definition) is 3. The summed E-state index contributed by atoms with van der Waals surface area (Å²) in [6.07, 6.45) is 2.73. The Kier molecular flexibility index (Phi) is 3.22. The summed E-state index contributed by atoms with van der Waals surface area (Å²) in [5, 5.41) is 0. The molecule has 98 valence electrons. The Morgan fingerprint density at radius 1 is 1.17 bits per heavy atom. The predicted octanol–water partition coefficient (Wildman–Crippen LogP) is 1.57. The molecule has 1 heterocycles. The number of anilines is 1. The molecule has 2 aliphatic rings. The molecular formula is C14H20FN3. The fourth-order valence-electron chi connectivity index (χ4n) is 2.79. The molecule has 4 heteroatoms. The summed E-state index contributed by atoms with van der Waals surface area (Å²) in [4.78, 5) is 4.91. The Hall–Kier alpha value is -1.13. The van der Waals surface area contributed by atoms with Crippen LogP contribution in [0.3, 0.4) is 0 Å². The third-order valence-corrected chi connectivity index (χ3v) is 3.98. The average Bonchev–Trinajstić information content (AvgIpc) is 3.23. The highest BCUT2D eigenvalue weighted by Crippen LogP contribution is 2.29. The smallest absolute Gasteiger partial charge is 0.123 e. The van der Waals surface area contributed by atoms with Gasteiger partial charge in [-0.2, -0.15) is 0 Å². The molecule has 1 aromatic rings. The van der Waals surface area contributed by atoms with E-state index in [4.69, 9.17) is 5.73 Å². The topological polar surface area (TPSA) is 32.5 Å². The summed E-state index contributed by atoms with van der Waals surface area (Å²) in [7, 11) is 0. The summed E-state index contributed by atoms with van der Waals surface area (Å²) < 4.78 is 13.2. The highest BCUT2D eigenvalue weighted by molar-refractivity contribution is 5.54. The Labute approximate surface area is 107 Å². The van der Waals surface area contributed by atoms with Crippen LogP contribution in [0.2, 0.25) is 0 Å². The van der Waals surface area contributed by atoms with Gasteiger partial charge in [-0.1, -0.05) is 0 Å². The molecule has 1 saturated heterocycles. The number of nitrogens with zero attached hydrogens (tertiary/aromatic N) is 2. The second-order valence-electron chi connectivity index (χ2n) is 5.23. The molecule has 0 radical (unpaired) electrons. The third kappa shape index (κ3) is 2.35. The van der Waals surface area contributed by atoms with Gasteiger partial charge in [-0.25, -0.2) is 4.39 Å². The van der Waals surface area contributed by atoms with Gasteiger partial charge in [0.1, 0.15) is 5.82 Å². The van der Waals surface area contributed by atoms with Gasteiger partial charge >= 0.3 is 0 Å². The van der Waals surface area contributed by atoms with E-state index in [0.29, 0.717) is 6.54 Å². The van der Waals surface area contributed by atoms with Gasteiger partial charge in [-0.05, 0) is 36.6 Å². The first-order chi connectivity index (χ1) is 8.78. The Bertz CT molecular complexity index is 423. The quantitative estimate of drug-likeness (QED) is 0.882. The number of rotatable bonds is 3. The molecule has 18 heavy (non-hydrogen) atoms. The summed E-state index contributed by atoms with van der Waals surface area (Å²) in [6.45, 7) is 4.68. The average molecular weight is 249 g/mol. The lowest BCUT2D eigenvalue weighted by Gasteiger charge is -2.37. The van der Waals surface area contributed by atoms with E-state index in [1.165, 1.54) is 18.9 Å². The van der Waals surface area contributed by atoms with E-state index in [1.807, 2.05) is 6.07 Å². The van der Waals surface area contributed by atoms with Crippen molar-refractivity contribution in [3.05, 3.63) is 29.6 Å². The Balaban J connectivity index is 1.71. The molecule has 2 N–H and O–H groups in total. The maximum Gasteiger partial charge on any atom is 0.123 e. The number of nitrogens with two attached hydrogens (primary N) is 1. The summed E-state index contributed by atoms with van der Waals surface area (Å²) in [5.41, 5.74) is 7.73. The summed E-state index contributed by atoms with van der Waals surface area (Å²) in [5.74, 6) is -0.198. The van der Waals surface area contributed by atoms with Gasteiger partial charge in [0, 0.05) is 44.5 Å². The van der Waals surface area contributed by atoms with Crippen molar-refractivity contribution in [2.75, 3.05) is 31.1 Å². The summed E-state index contributed by atoms with van der Waals surface area (Å²) >= 11 is 0. The SMILES string of the molecule is NCc1cc(F)ccc1N1CCN(C2CC2)CC1. The zero-order valence-corrected chi connectivity index (χ0v) is 10.6. The Morgan fingerprint density at radius 3 is 2.50 bits per heavy atom. The van der Waals surface area contributed by atoms with Crippen LogP contribution in [0.25, 0.3) is 0 Å². The second kappa shape index (κ2) is 4.86. The van der Waals surface area contributed by atoms with E-state index in [-0.39, 0.29) is 5.82 Å². The molecule has 3 nitrogen and oxygen atoms in total. The maximum atomic E-state index is 13.2. The third-order valence-electron chi connectivity index (χ3n) is 3.98. The van der Waals surface area contributed by atoms with E-state index in [2.05, 4.69) is 9.80 Å². The minimum Gasteiger partial charge on any atom is -0.369 e. The van der Waals surface area contributed by atoms with Crippen molar-refractivity contribution in [2.45, 2.75) is 25.4 Å². The second-order valence-corrected chi connectivity index (χ2v) is 5.23. The lowest BCUT2D eigenvalue weighted by atomic mass is 10.1. The van der Waals surface area contributed by atoms with Crippen molar-refractivity contribution in [1.29, 1.82) is 0 Å². The molecule has 0 atom stereocenters. The molecule has 1 aliphatic carbocycles. The van der Waals surface area contributed by atoms with E-state index >= 15 is 0 Å². The van der Waals surface area contributed by atoms with Gasteiger partial charge in [0.15, 0.2) is 0 Å². The zero-order chi connectivity index (χ0) is 12.5. The monoisotopic (exact) mass is 249 g/mol. The van der Waals surface area contributed by atoms with E-state index in [0.717, 1.165) is 43.5 Å². The van der Waals surface area contributed by atoms with Crippen molar-refractivity contribution in [3.8, 4) is 0 Å². The van der Waals surface area contributed by atoms with Gasteiger partial charge in [-0.3, -0.25) is 4.90 Å². The van der Waals surface area contributed by atoms with Crippen molar-refractivity contribution in [2.24, 2.45) is 5.73 Å². The van der Waals surface area contributed by atoms with Gasteiger partial charge in [0.25, 0.3) is 0 Å². The molecule has 3 rings (SSSR count). The summed E-state index contributed by atoms with van der Waals surface area (Å²) in [6, 6.07) is 5.80. The zero-order valence-electron chi connectivity index (χ0n) is 10.6. The molecule has 1 aromatic carbocycles. The van der Waals surface area contributed by atoms with Crippen LogP contribution in [0.5, 0.6) is 0 Å². The molecule has 1 saturated carbocycles. The minimum absolute atomic E-state index is 0.198. The van der Waals surface area contributed by atoms with E-state index in [9.17, 15) is 4.39 Å². The lowest BCUT2D eigenvalue weighted by Crippen LogP contribution is -2.47. The van der Waals surface area contributed by atoms with Crippen LogP contribution in [0.1, 0.15) is 18.4 Å². The first-order valence-corrected chi connectivity index (χ1v) is 6.75. The first-order valence-electron chi connectivity index (χ1n) is 6.75. The van der Waals surface area contributed by atoms with Crippen LogP contribution in [0, 0.1) is 5.82 Å². The van der Waals surface area contributed by atoms with E-state index in [1.54, 1.807) is 6.07 Å². The number of benzene rings is 1. The molecular weight excluding hydrogens is 229 g/mol. The standard InChI is InChI=1S/C14H20FN3/c15-12-1-4-14(11(9-12)10-16)18-7-5-17(6-8-18)13-2-3-13/h1,4,9,13H,2-3,5-8,10,16H2. The van der Waals surface area contributed by atoms with Crippen LogP contribution in [-0.4, -0.2) is 37.1 Å². The van der Waals surface area contributed by atoms with Crippen LogP contribution in [0.4, 0.5) is 10.1 Å². The van der Waals surface area contributed by atoms with Gasteiger partial charge in [-0.15, -0.1) is 0 Å². The van der Waals surface area contributed by atoms with Crippen molar-refractivity contribution in [1.82, 2.24) is 4.90 Å². The molecule has 0 bridgehead atoms. The van der Waals surface area contributed by atoms with Crippen LogP contribution >= 0.6 is 0 Å². The maximum absolute atomic E-state index is 13.2. The van der Waals surface area contributed by atoms with Crippen molar-refractivity contribution < 1.29 is 4.39 Å². The van der Waals surface area contributed by atoms with Gasteiger partial charge in [0.2, 0.25) is 0 Å². The molecule has 0 aromatic heterocycles. The van der Waals surface area contributed by atoms with Gasteiger partial charge < -0.3 is 10.6 Å². The fraction of sp³-hybridized carbons (Fsp3) is 0.571. The Morgan fingerprint density at radius 2 is 1.89 bits per heavy atom. The highest BCUT2D eigenvalue weighted by Gasteiger charge is 2.31. The molecule has 1 aliphatic heterocycles. The normalized spacial score (nSPS) is 21.3. The van der Waals surface area contributed by atoms with Gasteiger partial charge in [0.05, 0.1) is 0 Å². The molecule has 0 spiro atoms. The largest absolute Gasteiger partial charge is 0.369 e. The van der Waals surface area contributed by atoms with E-state index < -0.39 is 0 Å². The highest BCUT2D eigenvalue weighted by atomic mass is 19.1. The lowest BCUT2D eigenvalue weighted by molar-refractivity contribution is 0.248. The van der Waals surface area contributed by atoms with Crippen LogP contribution in [0.15, 0.2) is 18.2 Å². The molecule has 0 unspecified atom stereocenters. The van der Waals surface area contributed by atoms with Crippen molar-refractivity contribution in [3.63, 3.8) is 0 Å². The number of hydrogen-bond donors (Lipinski definition) is 1.